The zero-order valence-electron chi connectivity index (χ0n) is 19.5. The minimum atomic E-state index is -0.510. The minimum Gasteiger partial charge on any atom is -0.449 e. The van der Waals surface area contributed by atoms with E-state index in [1.165, 1.54) is 17.4 Å². The number of amides is 2. The molecule has 1 atom stereocenters. The first-order valence-corrected chi connectivity index (χ1v) is 12.0. The maximum Gasteiger partial charge on any atom is 0.407 e. The molecular formula is C25H25N5O4S. The molecule has 0 bridgehead atoms. The third kappa shape index (κ3) is 6.13. The molecule has 0 saturated carbocycles. The van der Waals surface area contributed by atoms with E-state index in [1.807, 2.05) is 13.0 Å². The fourth-order valence-corrected chi connectivity index (χ4v) is 5.20. The number of ether oxygens (including phenoxy) is 1. The lowest BCUT2D eigenvalue weighted by atomic mass is 9.88. The highest BCUT2D eigenvalue weighted by atomic mass is 32.1. The summed E-state index contributed by atoms with van der Waals surface area (Å²) in [5.74, 6) is 0.517. The molecule has 1 aliphatic rings. The molecule has 3 aromatic rings. The van der Waals surface area contributed by atoms with Gasteiger partial charge in [-0.25, -0.2) is 4.79 Å². The van der Waals surface area contributed by atoms with Crippen molar-refractivity contribution in [3.05, 3.63) is 69.2 Å². The number of rotatable bonds is 7. The standard InChI is InChI=1S/C25H25N5O4S/c1-15-7-8-27-12-18(15)4-6-23(31)29-24-21(11-26)20-5-3-17(10-22(20)35-24)14-33-25(32)28-13-19-9-16(2)34-30-19/h4,6-9,12,17H,3,5,10,13-14H2,1-2H3,(H,28,32)(H,29,31). The second kappa shape index (κ2) is 11.0. The van der Waals surface area contributed by atoms with Gasteiger partial charge < -0.3 is 19.9 Å². The van der Waals surface area contributed by atoms with Gasteiger partial charge in [-0.3, -0.25) is 9.78 Å². The number of pyridine rings is 1. The third-order valence-corrected chi connectivity index (χ3v) is 6.92. The molecule has 180 valence electrons. The first kappa shape index (κ1) is 24.2. The molecule has 35 heavy (non-hydrogen) atoms. The zero-order valence-corrected chi connectivity index (χ0v) is 20.3. The number of fused-ring (bicyclic) bond motifs is 1. The fraction of sp³-hybridized carbons (Fsp3) is 0.320. The quantitative estimate of drug-likeness (QED) is 0.471. The van der Waals surface area contributed by atoms with E-state index in [1.54, 1.807) is 31.5 Å². The minimum absolute atomic E-state index is 0.143. The number of carbonyl (C=O) groups is 2. The van der Waals surface area contributed by atoms with Gasteiger partial charge in [-0.2, -0.15) is 5.26 Å². The topological polar surface area (TPSA) is 130 Å². The van der Waals surface area contributed by atoms with E-state index in [0.29, 0.717) is 34.9 Å². The van der Waals surface area contributed by atoms with Crippen molar-refractivity contribution in [2.45, 2.75) is 39.7 Å². The second-order valence-electron chi connectivity index (χ2n) is 8.36. The van der Waals surface area contributed by atoms with Crippen molar-refractivity contribution in [3.8, 4) is 6.07 Å². The lowest BCUT2D eigenvalue weighted by Gasteiger charge is -2.21. The highest BCUT2D eigenvalue weighted by molar-refractivity contribution is 7.16. The van der Waals surface area contributed by atoms with Crippen molar-refractivity contribution in [3.63, 3.8) is 0 Å². The van der Waals surface area contributed by atoms with Crippen LogP contribution in [0.2, 0.25) is 0 Å². The number of hydrogen-bond donors (Lipinski definition) is 2. The first-order chi connectivity index (χ1) is 16.9. The molecule has 0 saturated heterocycles. The Labute approximate surface area is 206 Å². The van der Waals surface area contributed by atoms with Crippen LogP contribution in [-0.4, -0.2) is 28.7 Å². The molecule has 10 heteroatoms. The Hall–Kier alpha value is -3.97. The number of anilines is 1. The van der Waals surface area contributed by atoms with E-state index in [-0.39, 0.29) is 25.0 Å². The maximum atomic E-state index is 12.5. The molecule has 0 spiro atoms. The monoisotopic (exact) mass is 491 g/mol. The van der Waals surface area contributed by atoms with Gasteiger partial charge in [0, 0.05) is 29.4 Å². The number of carbonyl (C=O) groups excluding carboxylic acids is 2. The van der Waals surface area contributed by atoms with Gasteiger partial charge in [0.05, 0.1) is 18.7 Å². The second-order valence-corrected chi connectivity index (χ2v) is 9.47. The lowest BCUT2D eigenvalue weighted by molar-refractivity contribution is -0.111. The van der Waals surface area contributed by atoms with E-state index >= 15 is 0 Å². The normalized spacial score (nSPS) is 14.8. The van der Waals surface area contributed by atoms with Gasteiger partial charge in [-0.1, -0.05) is 5.16 Å². The van der Waals surface area contributed by atoms with Gasteiger partial charge in [0.2, 0.25) is 5.91 Å². The van der Waals surface area contributed by atoms with Crippen LogP contribution in [0, 0.1) is 31.1 Å². The van der Waals surface area contributed by atoms with Gasteiger partial charge in [0.1, 0.15) is 22.5 Å². The van der Waals surface area contributed by atoms with Crippen molar-refractivity contribution in [1.29, 1.82) is 5.26 Å². The summed E-state index contributed by atoms with van der Waals surface area (Å²) in [6, 6.07) is 5.87. The van der Waals surface area contributed by atoms with Crippen LogP contribution in [0.25, 0.3) is 6.08 Å². The van der Waals surface area contributed by atoms with Gasteiger partial charge in [-0.05, 0) is 67.9 Å². The summed E-state index contributed by atoms with van der Waals surface area (Å²) in [6.07, 6.45) is 8.21. The number of nitrogens with one attached hydrogen (secondary N) is 2. The highest BCUT2D eigenvalue weighted by Gasteiger charge is 2.27. The molecule has 0 aliphatic heterocycles. The van der Waals surface area contributed by atoms with Crippen molar-refractivity contribution >= 4 is 34.4 Å². The summed E-state index contributed by atoms with van der Waals surface area (Å²) in [5.41, 5.74) is 4.00. The predicted octanol–water partition coefficient (Wildman–Crippen LogP) is 4.30. The SMILES string of the molecule is Cc1cc(CNC(=O)OCC2CCc3c(sc(NC(=O)C=Cc4cnccc4C)c3C#N)C2)no1. The molecule has 3 aromatic heterocycles. The average molecular weight is 492 g/mol. The Morgan fingerprint density at radius 2 is 2.26 bits per heavy atom. The third-order valence-electron chi connectivity index (χ3n) is 5.75. The van der Waals surface area contributed by atoms with Crippen LogP contribution in [0.15, 0.2) is 35.1 Å². The van der Waals surface area contributed by atoms with Crippen LogP contribution in [0.5, 0.6) is 0 Å². The number of hydrogen-bond acceptors (Lipinski definition) is 8. The predicted molar refractivity (Wildman–Crippen MR) is 131 cm³/mol. The van der Waals surface area contributed by atoms with Crippen LogP contribution in [-0.2, 0) is 28.9 Å². The number of aryl methyl sites for hydroxylation is 2. The molecule has 3 heterocycles. The van der Waals surface area contributed by atoms with Gasteiger partial charge in [0.25, 0.3) is 0 Å². The molecule has 4 rings (SSSR count). The van der Waals surface area contributed by atoms with Crippen LogP contribution in [0.4, 0.5) is 9.80 Å². The summed E-state index contributed by atoms with van der Waals surface area (Å²) in [7, 11) is 0. The van der Waals surface area contributed by atoms with Crippen LogP contribution < -0.4 is 10.6 Å². The molecule has 0 fully saturated rings. The average Bonchev–Trinajstić information content (AvgIpc) is 3.42. The highest BCUT2D eigenvalue weighted by Crippen LogP contribution is 2.39. The largest absolute Gasteiger partial charge is 0.449 e. The summed E-state index contributed by atoms with van der Waals surface area (Å²) in [5, 5.41) is 19.6. The van der Waals surface area contributed by atoms with Crippen LogP contribution in [0.3, 0.4) is 0 Å². The molecule has 2 N–H and O–H groups in total. The summed E-state index contributed by atoms with van der Waals surface area (Å²) >= 11 is 1.41. The summed E-state index contributed by atoms with van der Waals surface area (Å²) in [6.45, 7) is 4.24. The van der Waals surface area contributed by atoms with E-state index < -0.39 is 6.09 Å². The van der Waals surface area contributed by atoms with Crippen LogP contribution in [0.1, 0.15) is 45.0 Å². The molecule has 1 unspecified atom stereocenters. The number of nitriles is 1. The van der Waals surface area contributed by atoms with E-state index in [0.717, 1.165) is 28.0 Å². The number of aromatic nitrogens is 2. The molecule has 0 radical (unpaired) electrons. The smallest absolute Gasteiger partial charge is 0.407 e. The molecule has 2 amide bonds. The Kier molecular flexibility index (Phi) is 7.57. The molecule has 9 nitrogen and oxygen atoms in total. The summed E-state index contributed by atoms with van der Waals surface area (Å²) < 4.78 is 10.4. The molecule has 0 aromatic carbocycles. The van der Waals surface area contributed by atoms with E-state index in [4.69, 9.17) is 9.26 Å². The van der Waals surface area contributed by atoms with Gasteiger partial charge in [-0.15, -0.1) is 11.3 Å². The van der Waals surface area contributed by atoms with Crippen molar-refractivity contribution in [2.75, 3.05) is 11.9 Å². The van der Waals surface area contributed by atoms with Gasteiger partial charge >= 0.3 is 6.09 Å². The number of alkyl carbamates (subject to hydrolysis) is 1. The van der Waals surface area contributed by atoms with Crippen molar-refractivity contribution in [1.82, 2.24) is 15.5 Å². The number of thiophene rings is 1. The Morgan fingerprint density at radius 3 is 3.00 bits per heavy atom. The fourth-order valence-electron chi connectivity index (χ4n) is 3.88. The van der Waals surface area contributed by atoms with Crippen molar-refractivity contribution in [2.24, 2.45) is 5.92 Å². The Morgan fingerprint density at radius 1 is 1.40 bits per heavy atom. The van der Waals surface area contributed by atoms with E-state index in [9.17, 15) is 14.9 Å². The molecule has 1 aliphatic carbocycles. The van der Waals surface area contributed by atoms with Gasteiger partial charge in [0.15, 0.2) is 0 Å². The number of nitrogens with zero attached hydrogens (tertiary/aromatic N) is 3. The zero-order chi connectivity index (χ0) is 24.8. The first-order valence-electron chi connectivity index (χ1n) is 11.2. The maximum absolute atomic E-state index is 12.5. The Bertz CT molecular complexity index is 1300. The van der Waals surface area contributed by atoms with E-state index in [2.05, 4.69) is 26.8 Å². The van der Waals surface area contributed by atoms with Crippen molar-refractivity contribution < 1.29 is 18.8 Å². The molecular weight excluding hydrogens is 466 g/mol. The lowest BCUT2D eigenvalue weighted by Crippen LogP contribution is -2.27. The van der Waals surface area contributed by atoms with Crippen LogP contribution >= 0.6 is 11.3 Å². The Balaban J connectivity index is 1.32. The summed E-state index contributed by atoms with van der Waals surface area (Å²) in [4.78, 5) is 29.6.